The van der Waals surface area contributed by atoms with E-state index >= 15 is 13.2 Å². The number of carboxylic acids is 2. The smallest absolute Gasteiger partial charge is 0.326 e. The van der Waals surface area contributed by atoms with Crippen LogP contribution in [-0.2, 0) is 29.8 Å². The Kier molecular flexibility index (Phi) is 14.2. The molecule has 8 bridgehead atoms. The van der Waals surface area contributed by atoms with Gasteiger partial charge < -0.3 is 35.8 Å². The number of aromatic nitrogens is 4. The summed E-state index contributed by atoms with van der Waals surface area (Å²) in [5.74, 6) is -9.62. The number of Topliss-reactive ketones (excluding diaryl/α,β-unsaturated/α-hetero) is 1. The summed E-state index contributed by atoms with van der Waals surface area (Å²) in [6.07, 6.45) is 2.14. The number of ketones is 1. The Hall–Kier alpha value is -8.45. The highest BCUT2D eigenvalue weighted by atomic mass is 32.2. The van der Waals surface area contributed by atoms with Crippen LogP contribution in [0.25, 0.3) is 78.6 Å². The van der Waals surface area contributed by atoms with Gasteiger partial charge in [0.2, 0.25) is 5.25 Å². The zero-order valence-corrected chi connectivity index (χ0v) is 39.1. The van der Waals surface area contributed by atoms with Gasteiger partial charge in [-0.05, 0) is 108 Å². The van der Waals surface area contributed by atoms with Crippen LogP contribution in [0.4, 0.5) is 13.2 Å². The molecule has 1 aliphatic heterocycles. The lowest BCUT2D eigenvalue weighted by atomic mass is 10.00. The molecule has 0 radical (unpaired) electrons. The van der Waals surface area contributed by atoms with E-state index in [4.69, 9.17) is 14.6 Å². The molecule has 0 fully saturated rings. The molecular weight excluding hydrogens is 1000 g/mol. The van der Waals surface area contributed by atoms with Crippen molar-refractivity contribution in [3.8, 4) is 33.4 Å². The highest BCUT2D eigenvalue weighted by molar-refractivity contribution is 7.87. The van der Waals surface area contributed by atoms with Crippen LogP contribution in [0.3, 0.4) is 0 Å². The van der Waals surface area contributed by atoms with Crippen LogP contribution >= 0.6 is 0 Å². The minimum atomic E-state index is -5.14. The van der Waals surface area contributed by atoms with Crippen molar-refractivity contribution in [1.82, 2.24) is 30.6 Å². The predicted octanol–water partition coefficient (Wildman–Crippen LogP) is 7.24. The number of halogens is 3. The Morgan fingerprint density at radius 2 is 0.986 bits per heavy atom. The molecule has 8 rings (SSSR count). The number of nitrogens with zero attached hydrogens (tertiary/aromatic N) is 1. The van der Waals surface area contributed by atoms with Gasteiger partial charge in [-0.1, -0.05) is 18.2 Å². The van der Waals surface area contributed by atoms with E-state index in [1.54, 1.807) is 48.6 Å². The highest BCUT2D eigenvalue weighted by Crippen LogP contribution is 2.37. The number of carboxylic acid groups (broad SMARTS) is 2. The SMILES string of the molecule is O=C(O)CCNC(=O)c1ccc(-c2c3nc(c(-c4ccc(C(=O)NCC(C(=O)O)S(=O)(=O)O)c(F)c4)c4ccc([nH]4)c4ccc([nH]4)c(-c4ccc(C(=O)CCCS(=O)(=O)O)c(F)c4)c4ccc2[nH]4)C=C3)cc1F. The van der Waals surface area contributed by atoms with E-state index in [9.17, 15) is 50.5 Å². The standard InChI is InChI=1S/C49H39F3N6O13S2/c50-30-20-24(3-6-27(30)41(59)2-1-19-72(66,67)68)44-35-11-9-33(55-35)34-10-12-36(56-34)45(25-5-8-29(32(52)22-25)48(63)54-23-42(49(64)65)73(69,70)71)38-14-16-40(58-38)46(39-15-13-37(44)57-39)26-4-7-28(31(51)21-26)47(62)53-18-17-43(60)61/h3-16,20-22,42,55-57H,1-2,17-19,23H2,(H,53,62)(H,54,63)(H,60,61)(H,64,65)(H,66,67,68)(H,69,70,71). The fourth-order valence-corrected chi connectivity index (χ4v) is 9.26. The third-order valence-corrected chi connectivity index (χ3v) is 13.5. The van der Waals surface area contributed by atoms with Crippen LogP contribution in [0, 0.1) is 17.5 Å². The summed E-state index contributed by atoms with van der Waals surface area (Å²) in [5, 5.41) is 20.2. The first kappa shape index (κ1) is 50.9. The number of rotatable bonds is 17. The summed E-state index contributed by atoms with van der Waals surface area (Å²) in [5.41, 5.74) is 3.04. The van der Waals surface area contributed by atoms with E-state index in [-0.39, 0.29) is 64.2 Å². The van der Waals surface area contributed by atoms with E-state index in [2.05, 4.69) is 20.3 Å². The fourth-order valence-electron chi connectivity index (χ4n) is 8.20. The summed E-state index contributed by atoms with van der Waals surface area (Å²) in [7, 11) is -9.50. The second-order valence-corrected chi connectivity index (χ2v) is 19.7. The van der Waals surface area contributed by atoms with E-state index in [1.165, 1.54) is 30.3 Å². The number of carbonyl (C=O) groups excluding carboxylic acids is 3. The molecule has 2 amide bonds. The van der Waals surface area contributed by atoms with E-state index < -0.39 is 102 Å². The van der Waals surface area contributed by atoms with Gasteiger partial charge in [0, 0.05) is 58.3 Å². The second-order valence-electron chi connectivity index (χ2n) is 16.5. The molecule has 9 N–H and O–H groups in total. The summed E-state index contributed by atoms with van der Waals surface area (Å²) in [4.78, 5) is 76.3. The van der Waals surface area contributed by atoms with Crippen LogP contribution in [0.1, 0.15) is 61.7 Å². The minimum absolute atomic E-state index is 0.149. The van der Waals surface area contributed by atoms with Crippen LogP contribution in [0.5, 0.6) is 0 Å². The predicted molar refractivity (Wildman–Crippen MR) is 261 cm³/mol. The molecule has 0 saturated carbocycles. The Morgan fingerprint density at radius 1 is 0.562 bits per heavy atom. The van der Waals surface area contributed by atoms with Gasteiger partial charge in [-0.25, -0.2) is 18.2 Å². The van der Waals surface area contributed by atoms with Gasteiger partial charge in [0.1, 0.15) is 17.5 Å². The third kappa shape index (κ3) is 11.2. The number of nitrogens with one attached hydrogen (secondary N) is 5. The maximum atomic E-state index is 16.1. The lowest BCUT2D eigenvalue weighted by Crippen LogP contribution is -2.41. The molecule has 19 nitrogen and oxygen atoms in total. The van der Waals surface area contributed by atoms with Crippen molar-refractivity contribution in [2.75, 3.05) is 18.8 Å². The summed E-state index contributed by atoms with van der Waals surface area (Å²) in [6.45, 7) is -1.36. The van der Waals surface area contributed by atoms with Crippen molar-refractivity contribution in [3.05, 3.63) is 137 Å². The van der Waals surface area contributed by atoms with Crippen LogP contribution in [0.15, 0.2) is 91.0 Å². The zero-order valence-electron chi connectivity index (χ0n) is 37.5. The number of amides is 2. The molecule has 0 aliphatic carbocycles. The van der Waals surface area contributed by atoms with Gasteiger partial charge in [0.05, 0.1) is 51.3 Å². The van der Waals surface area contributed by atoms with Gasteiger partial charge in [-0.15, -0.1) is 0 Å². The summed E-state index contributed by atoms with van der Waals surface area (Å²) < 4.78 is 112. The molecule has 4 aromatic heterocycles. The number of hydrogen-bond donors (Lipinski definition) is 9. The first-order valence-corrected chi connectivity index (χ1v) is 24.9. The van der Waals surface area contributed by atoms with Crippen molar-refractivity contribution in [1.29, 1.82) is 0 Å². The normalized spacial score (nSPS) is 12.5. The lowest BCUT2D eigenvalue weighted by molar-refractivity contribution is -0.137. The number of carbonyl (C=O) groups is 5. The van der Waals surface area contributed by atoms with E-state index in [0.717, 1.165) is 24.3 Å². The summed E-state index contributed by atoms with van der Waals surface area (Å²) in [6, 6.07) is 21.1. The van der Waals surface area contributed by atoms with Crippen molar-refractivity contribution >= 4 is 95.0 Å². The molecule has 0 saturated heterocycles. The van der Waals surface area contributed by atoms with E-state index in [1.807, 2.05) is 5.32 Å². The third-order valence-electron chi connectivity index (χ3n) is 11.7. The Balaban J connectivity index is 1.33. The Bertz CT molecular complexity index is 3850. The molecule has 1 aliphatic rings. The Morgan fingerprint density at radius 3 is 1.42 bits per heavy atom. The second kappa shape index (κ2) is 20.3. The van der Waals surface area contributed by atoms with Crippen LogP contribution < -0.4 is 10.6 Å². The van der Waals surface area contributed by atoms with Crippen molar-refractivity contribution in [2.45, 2.75) is 24.5 Å². The zero-order chi connectivity index (χ0) is 52.5. The van der Waals surface area contributed by atoms with Gasteiger partial charge in [0.25, 0.3) is 32.1 Å². The van der Waals surface area contributed by atoms with Gasteiger partial charge >= 0.3 is 11.9 Å². The van der Waals surface area contributed by atoms with Gasteiger partial charge in [-0.2, -0.15) is 16.8 Å². The number of aromatic amines is 3. The molecule has 3 aromatic carbocycles. The average Bonchev–Trinajstić information content (AvgIpc) is 4.15. The molecule has 73 heavy (non-hydrogen) atoms. The number of aliphatic carboxylic acids is 2. The topological polar surface area (TPSA) is 319 Å². The molecule has 7 aromatic rings. The van der Waals surface area contributed by atoms with Crippen molar-refractivity contribution in [2.24, 2.45) is 0 Å². The molecular formula is C49H39F3N6O13S2. The first-order valence-electron chi connectivity index (χ1n) is 21.8. The summed E-state index contributed by atoms with van der Waals surface area (Å²) >= 11 is 0. The molecule has 0 spiro atoms. The molecule has 5 heterocycles. The fraction of sp³-hybridized carbons (Fsp3) is 0.143. The molecule has 1 atom stereocenters. The Labute approximate surface area is 410 Å². The largest absolute Gasteiger partial charge is 0.481 e. The number of H-pyrrole nitrogens is 3. The maximum absolute atomic E-state index is 16.1. The monoisotopic (exact) mass is 1040 g/mol. The molecule has 376 valence electrons. The average molecular weight is 1040 g/mol. The minimum Gasteiger partial charge on any atom is -0.481 e. The highest BCUT2D eigenvalue weighted by Gasteiger charge is 2.32. The first-order chi connectivity index (χ1) is 34.6. The maximum Gasteiger partial charge on any atom is 0.326 e. The van der Waals surface area contributed by atoms with Gasteiger partial charge in [0.15, 0.2) is 5.78 Å². The van der Waals surface area contributed by atoms with Crippen molar-refractivity contribution in [3.63, 3.8) is 0 Å². The number of benzene rings is 3. The molecule has 24 heteroatoms. The quantitative estimate of drug-likeness (QED) is 0.0321. The van der Waals surface area contributed by atoms with Crippen molar-refractivity contribution < 1.29 is 73.3 Å². The lowest BCUT2D eigenvalue weighted by Gasteiger charge is -2.12. The number of hydrogen-bond acceptors (Lipinski definition) is 10. The van der Waals surface area contributed by atoms with Gasteiger partial charge in [-0.3, -0.25) is 33.1 Å². The van der Waals surface area contributed by atoms with E-state index in [0.29, 0.717) is 38.7 Å². The number of fused-ring (bicyclic) bond motifs is 9. The van der Waals surface area contributed by atoms with Crippen LogP contribution in [0.2, 0.25) is 0 Å². The molecule has 1 unspecified atom stereocenters. The van der Waals surface area contributed by atoms with Crippen LogP contribution in [-0.4, -0.2) is 110 Å².